The highest BCUT2D eigenvalue weighted by molar-refractivity contribution is 14.1. The van der Waals surface area contributed by atoms with E-state index in [1.54, 1.807) is 0 Å². The molecule has 0 spiro atoms. The van der Waals surface area contributed by atoms with Crippen LogP contribution >= 0.6 is 22.6 Å². The maximum absolute atomic E-state index is 12.9. The summed E-state index contributed by atoms with van der Waals surface area (Å²) in [4.78, 5) is 17.6. The Kier molecular flexibility index (Phi) is 5.39. The summed E-state index contributed by atoms with van der Waals surface area (Å²) < 4.78 is 1.02. The van der Waals surface area contributed by atoms with Crippen molar-refractivity contribution < 1.29 is 4.79 Å². The summed E-state index contributed by atoms with van der Waals surface area (Å²) in [6.45, 7) is 1.98. The molecule has 0 aliphatic rings. The van der Waals surface area contributed by atoms with Crippen molar-refractivity contribution >= 4 is 45.1 Å². The second kappa shape index (κ2) is 8.10. The number of halogens is 1. The number of carbonyl (C=O) groups excluding carboxylic acids is 1. The summed E-state index contributed by atoms with van der Waals surface area (Å²) in [5.74, 6) is -0.0403. The summed E-state index contributed by atoms with van der Waals surface area (Å²) in [5.41, 5.74) is 5.81. The first-order chi connectivity index (χ1) is 13.6. The van der Waals surface area contributed by atoms with Gasteiger partial charge in [-0.1, -0.05) is 60.7 Å². The van der Waals surface area contributed by atoms with E-state index < -0.39 is 0 Å². The Hall–Kier alpha value is -2.73. The maximum atomic E-state index is 12.9. The predicted molar refractivity (Wildman–Crippen MR) is 123 cm³/mol. The number of aromatic nitrogens is 1. The molecule has 138 valence electrons. The predicted octanol–water partition coefficient (Wildman–Crippen LogP) is 6.00. The number of pyridine rings is 1. The minimum Gasteiger partial charge on any atom is -0.325 e. The van der Waals surface area contributed by atoms with Gasteiger partial charge in [0.2, 0.25) is 5.91 Å². The molecule has 4 heteroatoms. The molecule has 0 radical (unpaired) electrons. The van der Waals surface area contributed by atoms with Crippen LogP contribution < -0.4 is 5.32 Å². The van der Waals surface area contributed by atoms with Crippen LogP contribution in [0.1, 0.15) is 11.3 Å². The molecule has 1 heterocycles. The Morgan fingerprint density at radius 3 is 2.39 bits per heavy atom. The van der Waals surface area contributed by atoms with Crippen LogP contribution in [0.25, 0.3) is 22.0 Å². The number of aryl methyl sites for hydroxylation is 1. The normalized spacial score (nSPS) is 10.8. The Morgan fingerprint density at radius 1 is 0.929 bits per heavy atom. The van der Waals surface area contributed by atoms with Gasteiger partial charge < -0.3 is 5.32 Å². The number of nitrogens with zero attached hydrogens (tertiary/aromatic N) is 1. The highest BCUT2D eigenvalue weighted by Gasteiger charge is 2.17. The lowest BCUT2D eigenvalue weighted by molar-refractivity contribution is -0.115. The van der Waals surface area contributed by atoms with Gasteiger partial charge in [0.1, 0.15) is 0 Å². The molecule has 4 aromatic rings. The van der Waals surface area contributed by atoms with E-state index in [2.05, 4.69) is 46.1 Å². The second-order valence-corrected chi connectivity index (χ2v) is 7.80. The lowest BCUT2D eigenvalue weighted by atomic mass is 9.92. The molecule has 0 saturated heterocycles. The van der Waals surface area contributed by atoms with Gasteiger partial charge in [0.05, 0.1) is 17.6 Å². The molecule has 4 rings (SSSR count). The van der Waals surface area contributed by atoms with Crippen LogP contribution in [0.2, 0.25) is 0 Å². The Labute approximate surface area is 178 Å². The summed E-state index contributed by atoms with van der Waals surface area (Å²) in [7, 11) is 0. The SMILES string of the molecule is Cc1nc2ccccc2c(-c2ccccc2)c1CC(=O)Nc1ccccc1I. The molecule has 0 atom stereocenters. The number of fused-ring (bicyclic) bond motifs is 1. The Morgan fingerprint density at radius 2 is 1.61 bits per heavy atom. The van der Waals surface area contributed by atoms with E-state index in [1.165, 1.54) is 0 Å². The number of hydrogen-bond donors (Lipinski definition) is 1. The third kappa shape index (κ3) is 3.78. The van der Waals surface area contributed by atoms with E-state index in [-0.39, 0.29) is 12.3 Å². The molecule has 3 aromatic carbocycles. The molecule has 0 bridgehead atoms. The number of rotatable bonds is 4. The quantitative estimate of drug-likeness (QED) is 0.366. The summed E-state index contributed by atoms with van der Waals surface area (Å²) in [6.07, 6.45) is 0.277. The average molecular weight is 478 g/mol. The number of para-hydroxylation sites is 2. The summed E-state index contributed by atoms with van der Waals surface area (Å²) >= 11 is 2.23. The van der Waals surface area contributed by atoms with E-state index in [0.717, 1.165) is 42.5 Å². The van der Waals surface area contributed by atoms with Crippen molar-refractivity contribution in [2.75, 3.05) is 5.32 Å². The molecule has 0 saturated carbocycles. The second-order valence-electron chi connectivity index (χ2n) is 6.64. The molecule has 0 aliphatic heterocycles. The van der Waals surface area contributed by atoms with Gasteiger partial charge in [-0.25, -0.2) is 0 Å². The molecule has 0 aliphatic carbocycles. The van der Waals surface area contributed by atoms with Crippen LogP contribution in [-0.4, -0.2) is 10.9 Å². The van der Waals surface area contributed by atoms with E-state index in [9.17, 15) is 4.79 Å². The minimum absolute atomic E-state index is 0.0403. The first-order valence-electron chi connectivity index (χ1n) is 9.11. The monoisotopic (exact) mass is 478 g/mol. The van der Waals surface area contributed by atoms with Crippen molar-refractivity contribution in [1.82, 2.24) is 4.98 Å². The molecular weight excluding hydrogens is 459 g/mol. The number of anilines is 1. The third-order valence-corrected chi connectivity index (χ3v) is 5.69. The van der Waals surface area contributed by atoms with Crippen LogP contribution in [-0.2, 0) is 11.2 Å². The summed E-state index contributed by atoms with van der Waals surface area (Å²) in [5, 5.41) is 4.10. The molecule has 1 aromatic heterocycles. The van der Waals surface area contributed by atoms with Crippen molar-refractivity contribution in [1.29, 1.82) is 0 Å². The molecular formula is C24H19IN2O. The fourth-order valence-electron chi connectivity index (χ4n) is 3.44. The highest BCUT2D eigenvalue weighted by Crippen LogP contribution is 2.33. The van der Waals surface area contributed by atoms with Crippen molar-refractivity contribution in [3.63, 3.8) is 0 Å². The average Bonchev–Trinajstić information content (AvgIpc) is 2.71. The van der Waals surface area contributed by atoms with Gasteiger partial charge in [0, 0.05) is 14.7 Å². The summed E-state index contributed by atoms with van der Waals surface area (Å²) in [6, 6.07) is 26.1. The molecule has 3 nitrogen and oxygen atoms in total. The van der Waals surface area contributed by atoms with Crippen molar-refractivity contribution in [2.24, 2.45) is 0 Å². The topological polar surface area (TPSA) is 42.0 Å². The van der Waals surface area contributed by atoms with Crippen LogP contribution in [0, 0.1) is 10.5 Å². The van der Waals surface area contributed by atoms with E-state index in [4.69, 9.17) is 4.98 Å². The number of amides is 1. The highest BCUT2D eigenvalue weighted by atomic mass is 127. The number of nitrogens with one attached hydrogen (secondary N) is 1. The van der Waals surface area contributed by atoms with E-state index in [0.29, 0.717) is 0 Å². The number of hydrogen-bond acceptors (Lipinski definition) is 2. The van der Waals surface area contributed by atoms with Gasteiger partial charge in [-0.3, -0.25) is 9.78 Å². The fourth-order valence-corrected chi connectivity index (χ4v) is 3.96. The number of benzene rings is 3. The van der Waals surface area contributed by atoms with Crippen molar-refractivity contribution in [3.05, 3.63) is 93.7 Å². The van der Waals surface area contributed by atoms with Crippen LogP contribution in [0.4, 0.5) is 5.69 Å². The molecule has 1 N–H and O–H groups in total. The number of carbonyl (C=O) groups is 1. The lowest BCUT2D eigenvalue weighted by Gasteiger charge is -2.16. The van der Waals surface area contributed by atoms with Gasteiger partial charge in [0.25, 0.3) is 0 Å². The standard InChI is InChI=1S/C24H19IN2O/c1-16-19(15-23(28)27-22-14-8-6-12-20(22)25)24(17-9-3-2-4-10-17)18-11-5-7-13-21(18)26-16/h2-14H,15H2,1H3,(H,27,28). The first kappa shape index (κ1) is 18.6. The minimum atomic E-state index is -0.0403. The fraction of sp³-hybridized carbons (Fsp3) is 0.0833. The Bertz CT molecular complexity index is 1160. The zero-order chi connectivity index (χ0) is 19.5. The van der Waals surface area contributed by atoms with Crippen molar-refractivity contribution in [3.8, 4) is 11.1 Å². The smallest absolute Gasteiger partial charge is 0.228 e. The van der Waals surface area contributed by atoms with E-state index in [1.807, 2.05) is 67.6 Å². The van der Waals surface area contributed by atoms with Gasteiger partial charge in [-0.2, -0.15) is 0 Å². The first-order valence-corrected chi connectivity index (χ1v) is 10.2. The van der Waals surface area contributed by atoms with Crippen LogP contribution in [0.3, 0.4) is 0 Å². The third-order valence-electron chi connectivity index (χ3n) is 4.75. The lowest BCUT2D eigenvalue weighted by Crippen LogP contribution is -2.17. The Balaban J connectivity index is 1.79. The zero-order valence-electron chi connectivity index (χ0n) is 15.4. The molecule has 0 unspecified atom stereocenters. The largest absolute Gasteiger partial charge is 0.325 e. The van der Waals surface area contributed by atoms with Gasteiger partial charge in [0.15, 0.2) is 0 Å². The maximum Gasteiger partial charge on any atom is 0.228 e. The molecule has 0 fully saturated rings. The molecule has 1 amide bonds. The van der Waals surface area contributed by atoms with E-state index >= 15 is 0 Å². The zero-order valence-corrected chi connectivity index (χ0v) is 17.6. The van der Waals surface area contributed by atoms with Crippen LogP contribution in [0.5, 0.6) is 0 Å². The van der Waals surface area contributed by atoms with Gasteiger partial charge >= 0.3 is 0 Å². The van der Waals surface area contributed by atoms with Gasteiger partial charge in [-0.05, 0) is 64.4 Å². The molecule has 28 heavy (non-hydrogen) atoms. The van der Waals surface area contributed by atoms with Crippen molar-refractivity contribution in [2.45, 2.75) is 13.3 Å². The van der Waals surface area contributed by atoms with Crippen LogP contribution in [0.15, 0.2) is 78.9 Å². The van der Waals surface area contributed by atoms with Gasteiger partial charge in [-0.15, -0.1) is 0 Å².